The highest BCUT2D eigenvalue weighted by molar-refractivity contribution is 7.18. The summed E-state index contributed by atoms with van der Waals surface area (Å²) in [6.07, 6.45) is 0. The van der Waals surface area contributed by atoms with Crippen LogP contribution in [0.25, 0.3) is 0 Å². The molecule has 1 aromatic heterocycles. The largest absolute Gasteiger partial charge is 0.271 e. The molecule has 19 heavy (non-hydrogen) atoms. The molecule has 0 bridgehead atoms. The van der Waals surface area contributed by atoms with Crippen LogP contribution in [-0.2, 0) is 0 Å². The molecule has 0 aliphatic rings. The number of rotatable bonds is 3. The van der Waals surface area contributed by atoms with E-state index in [2.05, 4.69) is 10.5 Å². The zero-order valence-electron chi connectivity index (χ0n) is 9.98. The predicted molar refractivity (Wildman–Crippen MR) is 80.5 cm³/mol. The molecule has 2 rings (SSSR count). The molecule has 0 saturated heterocycles. The molecule has 1 aromatic carbocycles. The summed E-state index contributed by atoms with van der Waals surface area (Å²) in [5.74, 6) is -0.301. The molecule has 0 atom stereocenters. The number of halogens is 2. The quantitative estimate of drug-likeness (QED) is 0.669. The number of carbonyl (C=O) groups is 1. The Bertz CT molecular complexity index is 637. The zero-order valence-corrected chi connectivity index (χ0v) is 12.3. The summed E-state index contributed by atoms with van der Waals surface area (Å²) in [6, 6.07) is 10.3. The van der Waals surface area contributed by atoms with Crippen LogP contribution in [0.4, 0.5) is 0 Å². The number of thiophene rings is 1. The second-order valence-electron chi connectivity index (χ2n) is 3.75. The van der Waals surface area contributed by atoms with Gasteiger partial charge in [-0.05, 0) is 37.3 Å². The molecule has 0 unspecified atom stereocenters. The monoisotopic (exact) mass is 312 g/mol. The lowest BCUT2D eigenvalue weighted by atomic mass is 10.2. The first kappa shape index (κ1) is 14.1. The van der Waals surface area contributed by atoms with Crippen molar-refractivity contribution >= 4 is 46.2 Å². The van der Waals surface area contributed by atoms with E-state index in [0.29, 0.717) is 20.6 Å². The van der Waals surface area contributed by atoms with E-state index < -0.39 is 0 Å². The molecule has 0 saturated carbocycles. The van der Waals surface area contributed by atoms with Gasteiger partial charge in [-0.25, -0.2) is 5.43 Å². The Kier molecular flexibility index (Phi) is 4.58. The van der Waals surface area contributed by atoms with Gasteiger partial charge in [0.15, 0.2) is 0 Å². The van der Waals surface area contributed by atoms with Crippen LogP contribution in [-0.4, -0.2) is 11.6 Å². The fourth-order valence-electron chi connectivity index (χ4n) is 1.39. The van der Waals surface area contributed by atoms with Crippen molar-refractivity contribution in [3.05, 3.63) is 56.2 Å². The number of hydrazone groups is 1. The smallest absolute Gasteiger partial charge is 0.267 e. The first-order valence-corrected chi connectivity index (χ1v) is 6.99. The van der Waals surface area contributed by atoms with E-state index in [4.69, 9.17) is 23.2 Å². The van der Waals surface area contributed by atoms with E-state index in [1.165, 1.54) is 11.3 Å². The maximum Gasteiger partial charge on any atom is 0.271 e. The van der Waals surface area contributed by atoms with Crippen LogP contribution in [0.5, 0.6) is 0 Å². The predicted octanol–water partition coefficient (Wildman–Crippen LogP) is 4.21. The number of amides is 1. The highest BCUT2D eigenvalue weighted by atomic mass is 35.5. The number of carbonyl (C=O) groups excluding carboxylic acids is 1. The Hall–Kier alpha value is -1.36. The van der Waals surface area contributed by atoms with Crippen molar-refractivity contribution in [1.82, 2.24) is 5.43 Å². The number of hydrogen-bond donors (Lipinski definition) is 1. The SMILES string of the molecule is C/C(=N\NC(=O)c1cccc(Cl)c1)c1ccc(Cl)s1. The van der Waals surface area contributed by atoms with Crippen LogP contribution >= 0.6 is 34.5 Å². The molecule has 3 nitrogen and oxygen atoms in total. The minimum absolute atomic E-state index is 0.301. The summed E-state index contributed by atoms with van der Waals surface area (Å²) in [6.45, 7) is 1.81. The van der Waals surface area contributed by atoms with Crippen LogP contribution in [0.2, 0.25) is 9.36 Å². The third-order valence-electron chi connectivity index (χ3n) is 2.34. The number of nitrogens with one attached hydrogen (secondary N) is 1. The second kappa shape index (κ2) is 6.19. The van der Waals surface area contributed by atoms with Crippen LogP contribution in [0.15, 0.2) is 41.5 Å². The van der Waals surface area contributed by atoms with Crippen molar-refractivity contribution in [2.45, 2.75) is 6.92 Å². The molecular formula is C13H10Cl2N2OS. The van der Waals surface area contributed by atoms with Gasteiger partial charge in [-0.1, -0.05) is 29.3 Å². The molecule has 1 heterocycles. The fraction of sp³-hybridized carbons (Fsp3) is 0.0769. The molecule has 0 spiro atoms. The first-order valence-electron chi connectivity index (χ1n) is 5.42. The van der Waals surface area contributed by atoms with E-state index in [1.54, 1.807) is 37.3 Å². The van der Waals surface area contributed by atoms with Gasteiger partial charge in [-0.2, -0.15) is 5.10 Å². The molecule has 1 amide bonds. The summed E-state index contributed by atoms with van der Waals surface area (Å²) in [5, 5.41) is 4.55. The van der Waals surface area contributed by atoms with Crippen molar-refractivity contribution in [2.75, 3.05) is 0 Å². The summed E-state index contributed by atoms with van der Waals surface area (Å²) in [5.41, 5.74) is 3.65. The Balaban J connectivity index is 2.07. The average Bonchev–Trinajstić information content (AvgIpc) is 2.82. The maximum absolute atomic E-state index is 11.8. The summed E-state index contributed by atoms with van der Waals surface area (Å²) >= 11 is 13.1. The summed E-state index contributed by atoms with van der Waals surface area (Å²) < 4.78 is 0.686. The van der Waals surface area contributed by atoms with E-state index in [-0.39, 0.29) is 5.91 Å². The number of benzene rings is 1. The molecule has 0 aliphatic carbocycles. The van der Waals surface area contributed by atoms with Gasteiger partial charge < -0.3 is 0 Å². The Morgan fingerprint density at radius 1 is 1.26 bits per heavy atom. The van der Waals surface area contributed by atoms with Crippen molar-refractivity contribution in [1.29, 1.82) is 0 Å². The van der Waals surface area contributed by atoms with Crippen molar-refractivity contribution in [3.8, 4) is 0 Å². The highest BCUT2D eigenvalue weighted by Crippen LogP contribution is 2.21. The molecule has 0 aliphatic heterocycles. The Labute approximate surface area is 124 Å². The molecule has 0 fully saturated rings. The summed E-state index contributed by atoms with van der Waals surface area (Å²) in [4.78, 5) is 12.8. The lowest BCUT2D eigenvalue weighted by Crippen LogP contribution is -2.19. The van der Waals surface area contributed by atoms with Gasteiger partial charge in [0, 0.05) is 10.6 Å². The van der Waals surface area contributed by atoms with Crippen LogP contribution in [0.3, 0.4) is 0 Å². The second-order valence-corrected chi connectivity index (χ2v) is 5.90. The van der Waals surface area contributed by atoms with Crippen molar-refractivity contribution in [2.24, 2.45) is 5.10 Å². The van der Waals surface area contributed by atoms with Gasteiger partial charge in [0.1, 0.15) is 0 Å². The molecule has 6 heteroatoms. The number of nitrogens with zero attached hydrogens (tertiary/aromatic N) is 1. The molecule has 1 N–H and O–H groups in total. The van der Waals surface area contributed by atoms with Crippen LogP contribution in [0.1, 0.15) is 22.2 Å². The molecule has 2 aromatic rings. The van der Waals surface area contributed by atoms with Gasteiger partial charge in [0.25, 0.3) is 5.91 Å². The minimum atomic E-state index is -0.301. The van der Waals surface area contributed by atoms with Gasteiger partial charge in [0.2, 0.25) is 0 Å². The van der Waals surface area contributed by atoms with Crippen LogP contribution < -0.4 is 5.43 Å². The third-order valence-corrected chi connectivity index (χ3v) is 3.92. The molecule has 98 valence electrons. The summed E-state index contributed by atoms with van der Waals surface area (Å²) in [7, 11) is 0. The van der Waals surface area contributed by atoms with Crippen LogP contribution in [0, 0.1) is 0 Å². The zero-order chi connectivity index (χ0) is 13.8. The molecule has 0 radical (unpaired) electrons. The van der Waals surface area contributed by atoms with E-state index in [9.17, 15) is 4.79 Å². The van der Waals surface area contributed by atoms with E-state index >= 15 is 0 Å². The average molecular weight is 313 g/mol. The first-order chi connectivity index (χ1) is 9.06. The van der Waals surface area contributed by atoms with Gasteiger partial charge in [0.05, 0.1) is 14.9 Å². The van der Waals surface area contributed by atoms with Gasteiger partial charge >= 0.3 is 0 Å². The third kappa shape index (κ3) is 3.80. The topological polar surface area (TPSA) is 41.5 Å². The molecular weight excluding hydrogens is 303 g/mol. The number of hydrogen-bond acceptors (Lipinski definition) is 3. The Morgan fingerprint density at radius 3 is 2.68 bits per heavy atom. The lowest BCUT2D eigenvalue weighted by Gasteiger charge is -2.01. The van der Waals surface area contributed by atoms with Crippen molar-refractivity contribution < 1.29 is 4.79 Å². The van der Waals surface area contributed by atoms with Crippen molar-refractivity contribution in [3.63, 3.8) is 0 Å². The van der Waals surface area contributed by atoms with Gasteiger partial charge in [-0.3, -0.25) is 4.79 Å². The maximum atomic E-state index is 11.8. The van der Waals surface area contributed by atoms with E-state index in [0.717, 1.165) is 4.88 Å². The fourth-order valence-corrected chi connectivity index (χ4v) is 2.57. The normalized spacial score (nSPS) is 11.4. The lowest BCUT2D eigenvalue weighted by molar-refractivity contribution is 0.0955. The minimum Gasteiger partial charge on any atom is -0.267 e. The van der Waals surface area contributed by atoms with E-state index in [1.807, 2.05) is 6.07 Å². The highest BCUT2D eigenvalue weighted by Gasteiger charge is 2.06. The standard InChI is InChI=1S/C13H10Cl2N2OS/c1-8(11-5-6-12(15)19-11)16-17-13(18)9-3-2-4-10(14)7-9/h2-7H,1H3,(H,17,18)/b16-8+. The Morgan fingerprint density at radius 2 is 2.05 bits per heavy atom. The van der Waals surface area contributed by atoms with Gasteiger partial charge in [-0.15, -0.1) is 11.3 Å².